The number of nitrogens with zero attached hydrogens (tertiary/aromatic N) is 3. The van der Waals surface area contributed by atoms with Gasteiger partial charge in [0.25, 0.3) is 5.91 Å². The van der Waals surface area contributed by atoms with E-state index in [4.69, 9.17) is 4.74 Å². The molecule has 1 saturated heterocycles. The number of benzene rings is 2. The fourth-order valence-electron chi connectivity index (χ4n) is 3.55. The first-order chi connectivity index (χ1) is 14.6. The van der Waals surface area contributed by atoms with Gasteiger partial charge >= 0.3 is 6.09 Å². The highest BCUT2D eigenvalue weighted by atomic mass is 32.1. The Morgan fingerprint density at radius 1 is 1.17 bits per heavy atom. The van der Waals surface area contributed by atoms with Gasteiger partial charge in [0.15, 0.2) is 5.13 Å². The largest absolute Gasteiger partial charge is 0.445 e. The lowest BCUT2D eigenvalue weighted by molar-refractivity contribution is -0.121. The van der Waals surface area contributed by atoms with Crippen LogP contribution in [-0.2, 0) is 16.1 Å². The van der Waals surface area contributed by atoms with E-state index < -0.39 is 12.1 Å². The number of carbonyl (C=O) groups excluding carboxylic acids is 2. The van der Waals surface area contributed by atoms with Crippen molar-refractivity contribution in [2.24, 2.45) is 0 Å². The third kappa shape index (κ3) is 4.36. The molecule has 0 spiro atoms. The van der Waals surface area contributed by atoms with Gasteiger partial charge in [-0.25, -0.2) is 9.78 Å². The number of carbonyl (C=O) groups is 2. The lowest BCUT2D eigenvalue weighted by Crippen LogP contribution is -2.46. The SMILES string of the molecule is Cc1ccc(N(C(=O)C2CCCN2C(=O)OCc2ccccc2)c2nccs2)cc1. The number of aryl methyl sites for hydroxylation is 1. The summed E-state index contributed by atoms with van der Waals surface area (Å²) in [5, 5.41) is 2.43. The van der Waals surface area contributed by atoms with Gasteiger partial charge in [0.05, 0.1) is 5.69 Å². The molecule has 2 aromatic carbocycles. The van der Waals surface area contributed by atoms with E-state index in [9.17, 15) is 9.59 Å². The standard InChI is InChI=1S/C23H23N3O3S/c1-17-9-11-19(12-10-17)26(22-24-13-15-30-22)21(27)20-8-5-14-25(20)23(28)29-16-18-6-3-2-4-7-18/h2-4,6-7,9-13,15,20H,5,8,14,16H2,1H3. The first-order valence-corrected chi connectivity index (χ1v) is 10.8. The molecule has 154 valence electrons. The zero-order chi connectivity index (χ0) is 20.9. The molecule has 1 aliphatic rings. The summed E-state index contributed by atoms with van der Waals surface area (Å²) >= 11 is 1.39. The van der Waals surface area contributed by atoms with Gasteiger partial charge < -0.3 is 4.74 Å². The lowest BCUT2D eigenvalue weighted by atomic mass is 10.1. The van der Waals surface area contributed by atoms with Crippen molar-refractivity contribution in [1.29, 1.82) is 0 Å². The van der Waals surface area contributed by atoms with Gasteiger partial charge in [0.1, 0.15) is 12.6 Å². The van der Waals surface area contributed by atoms with Crippen LogP contribution < -0.4 is 4.90 Å². The molecule has 1 fully saturated rings. The number of rotatable bonds is 5. The Morgan fingerprint density at radius 3 is 2.63 bits per heavy atom. The molecular weight excluding hydrogens is 398 g/mol. The number of amides is 2. The van der Waals surface area contributed by atoms with E-state index in [-0.39, 0.29) is 12.5 Å². The highest BCUT2D eigenvalue weighted by Crippen LogP contribution is 2.31. The van der Waals surface area contributed by atoms with Gasteiger partial charge in [0.2, 0.25) is 0 Å². The molecule has 1 aliphatic heterocycles. The van der Waals surface area contributed by atoms with Crippen molar-refractivity contribution >= 4 is 34.2 Å². The Bertz CT molecular complexity index is 990. The first-order valence-electron chi connectivity index (χ1n) is 9.91. The van der Waals surface area contributed by atoms with E-state index in [0.717, 1.165) is 23.2 Å². The Morgan fingerprint density at radius 2 is 1.93 bits per heavy atom. The molecule has 7 heteroatoms. The first kappa shape index (κ1) is 20.1. The second-order valence-corrected chi connectivity index (χ2v) is 8.09. The van der Waals surface area contributed by atoms with Crippen LogP contribution in [0.1, 0.15) is 24.0 Å². The van der Waals surface area contributed by atoms with Crippen molar-refractivity contribution in [3.8, 4) is 0 Å². The minimum absolute atomic E-state index is 0.164. The summed E-state index contributed by atoms with van der Waals surface area (Å²) in [4.78, 5) is 33.8. The van der Waals surface area contributed by atoms with E-state index in [1.165, 1.54) is 11.3 Å². The summed E-state index contributed by atoms with van der Waals surface area (Å²) in [6, 6.07) is 16.7. The Kier molecular flexibility index (Phi) is 6.09. The highest BCUT2D eigenvalue weighted by molar-refractivity contribution is 7.13. The van der Waals surface area contributed by atoms with Gasteiger partial charge in [-0.3, -0.25) is 14.6 Å². The monoisotopic (exact) mass is 421 g/mol. The quantitative estimate of drug-likeness (QED) is 0.587. The van der Waals surface area contributed by atoms with Gasteiger partial charge in [-0.15, -0.1) is 11.3 Å². The summed E-state index contributed by atoms with van der Waals surface area (Å²) in [6.07, 6.45) is 2.58. The molecule has 1 unspecified atom stereocenters. The van der Waals surface area contributed by atoms with Crippen LogP contribution >= 0.6 is 11.3 Å². The maximum Gasteiger partial charge on any atom is 0.410 e. The molecule has 4 rings (SSSR count). The average molecular weight is 422 g/mol. The predicted molar refractivity (Wildman–Crippen MR) is 117 cm³/mol. The zero-order valence-electron chi connectivity index (χ0n) is 16.7. The topological polar surface area (TPSA) is 62.7 Å². The molecule has 2 heterocycles. The second-order valence-electron chi connectivity index (χ2n) is 7.22. The maximum atomic E-state index is 13.6. The van der Waals surface area contributed by atoms with E-state index in [0.29, 0.717) is 18.1 Å². The Balaban J connectivity index is 1.53. The summed E-state index contributed by atoms with van der Waals surface area (Å²) < 4.78 is 5.49. The van der Waals surface area contributed by atoms with Crippen LogP contribution in [0.15, 0.2) is 66.2 Å². The van der Waals surface area contributed by atoms with Crippen molar-refractivity contribution in [2.45, 2.75) is 32.4 Å². The van der Waals surface area contributed by atoms with Crippen molar-refractivity contribution < 1.29 is 14.3 Å². The van der Waals surface area contributed by atoms with Gasteiger partial charge in [-0.05, 0) is 37.5 Å². The van der Waals surface area contributed by atoms with Crippen molar-refractivity contribution in [3.63, 3.8) is 0 Å². The Hall–Kier alpha value is -3.19. The van der Waals surface area contributed by atoms with Crippen LogP contribution in [0.4, 0.5) is 15.6 Å². The summed E-state index contributed by atoms with van der Waals surface area (Å²) in [5.41, 5.74) is 2.76. The maximum absolute atomic E-state index is 13.6. The van der Waals surface area contributed by atoms with Crippen LogP contribution in [0.3, 0.4) is 0 Å². The lowest BCUT2D eigenvalue weighted by Gasteiger charge is -2.28. The smallest absolute Gasteiger partial charge is 0.410 e. The fourth-order valence-corrected chi connectivity index (χ4v) is 4.21. The van der Waals surface area contributed by atoms with Crippen LogP contribution in [0.2, 0.25) is 0 Å². The predicted octanol–water partition coefficient (Wildman–Crippen LogP) is 4.92. The van der Waals surface area contributed by atoms with Crippen molar-refractivity contribution in [3.05, 3.63) is 77.3 Å². The van der Waals surface area contributed by atoms with Crippen LogP contribution in [0.25, 0.3) is 0 Å². The van der Waals surface area contributed by atoms with Crippen molar-refractivity contribution in [2.75, 3.05) is 11.4 Å². The van der Waals surface area contributed by atoms with E-state index in [2.05, 4.69) is 4.98 Å². The van der Waals surface area contributed by atoms with Gasteiger partial charge in [0, 0.05) is 18.1 Å². The summed E-state index contributed by atoms with van der Waals surface area (Å²) in [6.45, 7) is 2.69. The van der Waals surface area contributed by atoms with Crippen LogP contribution in [0.5, 0.6) is 0 Å². The summed E-state index contributed by atoms with van der Waals surface area (Å²) in [7, 11) is 0. The molecule has 1 aromatic heterocycles. The fraction of sp³-hybridized carbons (Fsp3) is 0.261. The van der Waals surface area contributed by atoms with E-state index in [1.54, 1.807) is 16.0 Å². The second kappa shape index (κ2) is 9.09. The third-order valence-corrected chi connectivity index (χ3v) is 5.86. The summed E-state index contributed by atoms with van der Waals surface area (Å²) in [5.74, 6) is -0.164. The van der Waals surface area contributed by atoms with Gasteiger partial charge in [-0.2, -0.15) is 0 Å². The number of ether oxygens (including phenoxy) is 1. The number of likely N-dealkylation sites (tertiary alicyclic amines) is 1. The molecule has 3 aromatic rings. The number of thiazole rings is 1. The van der Waals surface area contributed by atoms with Crippen molar-refractivity contribution in [1.82, 2.24) is 9.88 Å². The molecule has 0 bridgehead atoms. The third-order valence-electron chi connectivity index (χ3n) is 5.10. The zero-order valence-corrected chi connectivity index (χ0v) is 17.5. The number of hydrogen-bond acceptors (Lipinski definition) is 5. The molecule has 0 radical (unpaired) electrons. The van der Waals surface area contributed by atoms with E-state index >= 15 is 0 Å². The molecule has 30 heavy (non-hydrogen) atoms. The molecule has 6 nitrogen and oxygen atoms in total. The highest BCUT2D eigenvalue weighted by Gasteiger charge is 2.39. The molecule has 1 atom stereocenters. The average Bonchev–Trinajstić information content (AvgIpc) is 3.47. The van der Waals surface area contributed by atoms with Gasteiger partial charge in [-0.1, -0.05) is 48.0 Å². The molecule has 2 amide bonds. The number of aromatic nitrogens is 1. The molecule has 0 N–H and O–H groups in total. The van der Waals surface area contributed by atoms with Crippen LogP contribution in [0, 0.1) is 6.92 Å². The van der Waals surface area contributed by atoms with E-state index in [1.807, 2.05) is 66.9 Å². The molecule has 0 aliphatic carbocycles. The minimum atomic E-state index is -0.571. The normalized spacial score (nSPS) is 15.8. The van der Waals surface area contributed by atoms with Crippen LogP contribution in [-0.4, -0.2) is 34.5 Å². The Labute approximate surface area is 179 Å². The number of anilines is 2. The molecular formula is C23H23N3O3S. The minimum Gasteiger partial charge on any atom is -0.445 e. The number of hydrogen-bond donors (Lipinski definition) is 0. The molecule has 0 saturated carbocycles.